The van der Waals surface area contributed by atoms with Gasteiger partial charge in [-0.2, -0.15) is 0 Å². The van der Waals surface area contributed by atoms with Crippen LogP contribution in [-0.4, -0.2) is 88.2 Å². The maximum atomic E-state index is 14.2. The monoisotopic (exact) mass is 634 g/mol. The van der Waals surface area contributed by atoms with Gasteiger partial charge in [-0.3, -0.25) is 19.3 Å². The maximum Gasteiger partial charge on any atom is 0.255 e. The Morgan fingerprint density at radius 2 is 1.76 bits per heavy atom. The minimum absolute atomic E-state index is 0.0178. The third-order valence-corrected chi connectivity index (χ3v) is 9.04. The number of hydrogen-bond acceptors (Lipinski definition) is 11. The van der Waals surface area contributed by atoms with Crippen molar-refractivity contribution in [3.05, 3.63) is 63.9 Å². The summed E-state index contributed by atoms with van der Waals surface area (Å²) >= 11 is 0. The molecule has 0 aromatic heterocycles. The summed E-state index contributed by atoms with van der Waals surface area (Å²) in [6.45, 7) is 6.10. The molecule has 0 spiro atoms. The van der Waals surface area contributed by atoms with Crippen molar-refractivity contribution in [1.82, 2.24) is 4.90 Å². The van der Waals surface area contributed by atoms with Gasteiger partial charge in [-0.25, -0.2) is 0 Å². The average molecular weight is 635 g/mol. The fourth-order valence-corrected chi connectivity index (χ4v) is 7.10. The van der Waals surface area contributed by atoms with Gasteiger partial charge in [-0.15, -0.1) is 0 Å². The largest absolute Gasteiger partial charge is 0.508 e. The summed E-state index contributed by atoms with van der Waals surface area (Å²) in [4.78, 5) is 43.1. The van der Waals surface area contributed by atoms with E-state index >= 15 is 0 Å². The molecule has 2 aromatic carbocycles. The van der Waals surface area contributed by atoms with E-state index in [0.717, 1.165) is 5.56 Å². The molecule has 1 amide bonds. The number of benzene rings is 2. The molecule has 3 aliphatic rings. The van der Waals surface area contributed by atoms with Crippen molar-refractivity contribution in [3.63, 3.8) is 0 Å². The number of aliphatic hydroxyl groups excluding tert-OH is 2. The highest BCUT2D eigenvalue weighted by Crippen LogP contribution is 2.54. The Morgan fingerprint density at radius 3 is 2.35 bits per heavy atom. The Balaban J connectivity index is 1.63. The van der Waals surface area contributed by atoms with E-state index in [4.69, 9.17) is 10.5 Å². The number of Topliss-reactive ketones (excluding diaryl/α,β-unsaturated/α-hetero) is 2. The second-order valence-corrected chi connectivity index (χ2v) is 13.7. The number of amides is 1. The predicted molar refractivity (Wildman–Crippen MR) is 173 cm³/mol. The van der Waals surface area contributed by atoms with Crippen LogP contribution >= 0.6 is 0 Å². The molecule has 7 N–H and O–H groups in total. The molecule has 246 valence electrons. The topological polar surface area (TPSA) is 186 Å². The summed E-state index contributed by atoms with van der Waals surface area (Å²) in [5.74, 6) is -6.22. The van der Waals surface area contributed by atoms with E-state index in [1.807, 2.05) is 64.0 Å². The van der Waals surface area contributed by atoms with E-state index in [1.165, 1.54) is 4.90 Å². The summed E-state index contributed by atoms with van der Waals surface area (Å²) in [5, 5.41) is 49.5. The van der Waals surface area contributed by atoms with Gasteiger partial charge in [-0.05, 0) is 71.3 Å². The number of likely N-dealkylation sites (N-methyl/N-ethyl adjacent to an activating group) is 1. The molecule has 5 rings (SSSR count). The number of ketones is 2. The van der Waals surface area contributed by atoms with Crippen molar-refractivity contribution in [3.8, 4) is 11.5 Å². The van der Waals surface area contributed by atoms with Crippen LogP contribution < -0.4 is 20.7 Å². The summed E-state index contributed by atoms with van der Waals surface area (Å²) in [6, 6.07) is 8.12. The number of fused-ring (bicyclic) bond motifs is 3. The lowest BCUT2D eigenvalue weighted by atomic mass is 9.57. The number of carbonyl (C=O) groups excluding carboxylic acids is 3. The van der Waals surface area contributed by atoms with Crippen molar-refractivity contribution in [2.45, 2.75) is 57.4 Å². The van der Waals surface area contributed by atoms with Gasteiger partial charge < -0.3 is 41.1 Å². The van der Waals surface area contributed by atoms with Crippen LogP contribution in [0.15, 0.2) is 47.2 Å². The molecule has 46 heavy (non-hydrogen) atoms. The lowest BCUT2D eigenvalue weighted by Gasteiger charge is -2.50. The van der Waals surface area contributed by atoms with E-state index < -0.39 is 63.6 Å². The van der Waals surface area contributed by atoms with Gasteiger partial charge in [-0.1, -0.05) is 18.2 Å². The van der Waals surface area contributed by atoms with Crippen LogP contribution in [0.2, 0.25) is 0 Å². The SMILES string of the molecule is CN(C)c1cc(NCc2ccccc2OC(C)(C)C)c(O)c2c1C[C@@H]1C[C@@H]3[C@@H](N(C)C)C(=O)C(C(N)=O)=C(O)[C@@]3(O)C(=O)C1=C2O. The predicted octanol–water partition coefficient (Wildman–Crippen LogP) is 2.82. The zero-order valence-electron chi connectivity index (χ0n) is 27.1. The van der Waals surface area contributed by atoms with Crippen LogP contribution in [0.5, 0.6) is 11.5 Å². The molecule has 0 saturated heterocycles. The van der Waals surface area contributed by atoms with Crippen molar-refractivity contribution in [1.29, 1.82) is 0 Å². The Labute approximate surface area is 267 Å². The number of primary amides is 1. The Kier molecular flexibility index (Phi) is 8.11. The van der Waals surface area contributed by atoms with Gasteiger partial charge in [0.05, 0.1) is 17.3 Å². The zero-order valence-corrected chi connectivity index (χ0v) is 27.1. The fourth-order valence-electron chi connectivity index (χ4n) is 7.10. The second-order valence-electron chi connectivity index (χ2n) is 13.7. The van der Waals surface area contributed by atoms with Crippen LogP contribution in [0.4, 0.5) is 11.4 Å². The summed E-state index contributed by atoms with van der Waals surface area (Å²) in [5.41, 5.74) is 3.62. The van der Waals surface area contributed by atoms with E-state index in [1.54, 1.807) is 20.2 Å². The molecule has 12 heteroatoms. The second kappa shape index (κ2) is 11.4. The fraction of sp³-hybridized carbons (Fsp3) is 0.441. The molecule has 1 fully saturated rings. The zero-order chi connectivity index (χ0) is 34.0. The quantitative estimate of drug-likeness (QED) is 0.194. The minimum Gasteiger partial charge on any atom is -0.508 e. The summed E-state index contributed by atoms with van der Waals surface area (Å²) in [6.07, 6.45) is 0.210. The van der Waals surface area contributed by atoms with Crippen LogP contribution in [0.25, 0.3) is 5.76 Å². The van der Waals surface area contributed by atoms with Crippen LogP contribution in [0, 0.1) is 11.8 Å². The number of phenolic OH excluding ortho intramolecular Hbond substituents is 1. The lowest BCUT2D eigenvalue weighted by molar-refractivity contribution is -0.153. The molecule has 0 bridgehead atoms. The number of rotatable bonds is 7. The number of phenols is 1. The molecule has 1 saturated carbocycles. The van der Waals surface area contributed by atoms with Crippen molar-refractivity contribution < 1.29 is 39.5 Å². The van der Waals surface area contributed by atoms with E-state index in [9.17, 15) is 34.8 Å². The number of nitrogens with zero attached hydrogens (tertiary/aromatic N) is 2. The van der Waals surface area contributed by atoms with Crippen molar-refractivity contribution in [2.75, 3.05) is 38.4 Å². The van der Waals surface area contributed by atoms with E-state index in [2.05, 4.69) is 5.32 Å². The van der Waals surface area contributed by atoms with Crippen LogP contribution in [-0.2, 0) is 27.3 Å². The number of ether oxygens (including phenoxy) is 1. The molecular weight excluding hydrogens is 592 g/mol. The Bertz CT molecular complexity index is 1700. The van der Waals surface area contributed by atoms with Gasteiger partial charge in [0, 0.05) is 43.4 Å². The first kappa shape index (κ1) is 32.8. The Hall–Kier alpha value is -4.55. The third kappa shape index (κ3) is 5.15. The van der Waals surface area contributed by atoms with Crippen LogP contribution in [0.1, 0.15) is 43.9 Å². The number of hydrogen-bond donors (Lipinski definition) is 6. The highest BCUT2D eigenvalue weighted by molar-refractivity contribution is 6.24. The molecule has 0 heterocycles. The van der Waals surface area contributed by atoms with E-state index in [0.29, 0.717) is 17.0 Å². The standard InChI is InChI=1S/C34H42N4O8/c1-33(2,3)46-22-11-9-8-10-16(22)15-36-20-14-21(37(4)5)18-12-17-13-19-26(38(6)7)29(41)25(32(35)44)31(43)34(19,45)30(42)23(17)28(40)24(18)27(20)39/h8-11,14,17,19,26,36,39-40,43,45H,12-13,15H2,1-7H3,(H2,35,44)/t17-,19-,26-,34+/m1/s1. The highest BCUT2D eigenvalue weighted by atomic mass is 16.5. The molecule has 12 nitrogen and oxygen atoms in total. The van der Waals surface area contributed by atoms with Crippen LogP contribution in [0.3, 0.4) is 0 Å². The van der Waals surface area contributed by atoms with Gasteiger partial charge >= 0.3 is 0 Å². The normalized spacial score (nSPS) is 24.4. The smallest absolute Gasteiger partial charge is 0.255 e. The molecule has 4 atom stereocenters. The lowest BCUT2D eigenvalue weighted by Crippen LogP contribution is -2.65. The van der Waals surface area contributed by atoms with E-state index in [-0.39, 0.29) is 42.0 Å². The summed E-state index contributed by atoms with van der Waals surface area (Å²) < 4.78 is 6.11. The average Bonchev–Trinajstić information content (AvgIpc) is 2.94. The van der Waals surface area contributed by atoms with Crippen molar-refractivity contribution in [2.24, 2.45) is 17.6 Å². The first-order valence-corrected chi connectivity index (χ1v) is 15.1. The van der Waals surface area contributed by atoms with Gasteiger partial charge in [0.1, 0.15) is 34.2 Å². The first-order chi connectivity index (χ1) is 21.4. The number of nitrogens with one attached hydrogen (secondary N) is 1. The van der Waals surface area contributed by atoms with Gasteiger partial charge in [0.25, 0.3) is 5.91 Å². The number of nitrogens with two attached hydrogens (primary N) is 1. The first-order valence-electron chi connectivity index (χ1n) is 15.1. The molecular formula is C34H42N4O8. The number of aromatic hydroxyl groups is 1. The molecule has 0 radical (unpaired) electrons. The number of aliphatic hydroxyl groups is 3. The van der Waals surface area contributed by atoms with Gasteiger partial charge in [0.15, 0.2) is 11.4 Å². The maximum absolute atomic E-state index is 14.2. The molecule has 0 unspecified atom stereocenters. The van der Waals surface area contributed by atoms with Crippen molar-refractivity contribution >= 4 is 34.6 Å². The third-order valence-electron chi connectivity index (χ3n) is 9.04. The number of carbonyl (C=O) groups is 3. The molecule has 2 aromatic rings. The summed E-state index contributed by atoms with van der Waals surface area (Å²) in [7, 11) is 6.77. The molecule has 3 aliphatic carbocycles. The Morgan fingerprint density at radius 1 is 1.11 bits per heavy atom. The highest BCUT2D eigenvalue weighted by Gasteiger charge is 2.64. The number of anilines is 2. The van der Waals surface area contributed by atoms with Gasteiger partial charge in [0.2, 0.25) is 5.78 Å². The molecule has 0 aliphatic heterocycles. The minimum atomic E-state index is -2.70. The number of para-hydroxylation sites is 1.